The van der Waals surface area contributed by atoms with Crippen molar-refractivity contribution in [2.75, 3.05) is 0 Å². The van der Waals surface area contributed by atoms with Crippen LogP contribution in [0.1, 0.15) is 11.5 Å². The van der Waals surface area contributed by atoms with E-state index in [9.17, 15) is 23.4 Å². The molecule has 1 aromatic carbocycles. The number of aliphatic hydroxyl groups excluding tert-OH is 1. The average Bonchev–Trinajstić information content (AvgIpc) is 2.31. The lowest BCUT2D eigenvalue weighted by Crippen LogP contribution is -2.37. The van der Waals surface area contributed by atoms with E-state index in [0.29, 0.717) is 0 Å². The van der Waals surface area contributed by atoms with E-state index in [4.69, 9.17) is 11.6 Å². The summed E-state index contributed by atoms with van der Waals surface area (Å²) in [7, 11) is 0. The number of hydrogen-bond donors (Lipinski definition) is 2. The summed E-state index contributed by atoms with van der Waals surface area (Å²) in [5.74, 6) is -2.52. The molecule has 0 bridgehead atoms. The van der Waals surface area contributed by atoms with E-state index in [2.05, 4.69) is 0 Å². The molecular formula is C13H10ClF3O2. The normalized spacial score (nSPS) is 27.7. The maximum atomic E-state index is 13.0. The topological polar surface area (TPSA) is 40.5 Å². The van der Waals surface area contributed by atoms with Crippen LogP contribution in [0, 0.1) is 0 Å². The van der Waals surface area contributed by atoms with Gasteiger partial charge >= 0.3 is 6.18 Å². The van der Waals surface area contributed by atoms with Crippen molar-refractivity contribution in [1.29, 1.82) is 0 Å². The van der Waals surface area contributed by atoms with Gasteiger partial charge in [-0.3, -0.25) is 0 Å². The molecule has 2 N–H and O–H groups in total. The Balaban J connectivity index is 2.62. The molecule has 0 heterocycles. The van der Waals surface area contributed by atoms with Crippen LogP contribution in [0.5, 0.6) is 0 Å². The molecule has 19 heavy (non-hydrogen) atoms. The van der Waals surface area contributed by atoms with E-state index < -0.39 is 28.5 Å². The smallest absolute Gasteiger partial charge is 0.416 e. The lowest BCUT2D eigenvalue weighted by Gasteiger charge is -2.34. The summed E-state index contributed by atoms with van der Waals surface area (Å²) in [5, 5.41) is 17.2. The fourth-order valence-electron chi connectivity index (χ4n) is 2.09. The molecule has 0 saturated carbocycles. The highest BCUT2D eigenvalue weighted by molar-refractivity contribution is 6.25. The molecule has 1 aliphatic carbocycles. The number of benzene rings is 1. The van der Waals surface area contributed by atoms with Crippen LogP contribution in [0.4, 0.5) is 13.2 Å². The summed E-state index contributed by atoms with van der Waals surface area (Å²) in [6, 6.07) is 7.52. The average molecular weight is 291 g/mol. The first-order valence-corrected chi connectivity index (χ1v) is 5.77. The maximum absolute atomic E-state index is 13.0. The Morgan fingerprint density at radius 2 is 1.74 bits per heavy atom. The van der Waals surface area contributed by atoms with Crippen molar-refractivity contribution < 1.29 is 23.4 Å². The van der Waals surface area contributed by atoms with Crippen molar-refractivity contribution in [3.05, 3.63) is 59.4 Å². The Hall–Kier alpha value is -1.46. The van der Waals surface area contributed by atoms with Gasteiger partial charge in [0, 0.05) is 0 Å². The second-order valence-corrected chi connectivity index (χ2v) is 4.81. The molecule has 2 rings (SSSR count). The van der Waals surface area contributed by atoms with Gasteiger partial charge in [-0.15, -0.1) is 0 Å². The fraction of sp³-hybridized carbons (Fsp3) is 0.231. The van der Waals surface area contributed by atoms with Crippen molar-refractivity contribution in [1.82, 2.24) is 0 Å². The van der Waals surface area contributed by atoms with E-state index >= 15 is 0 Å². The van der Waals surface area contributed by atoms with Gasteiger partial charge in [-0.25, -0.2) is 0 Å². The van der Waals surface area contributed by atoms with E-state index in [1.165, 1.54) is 24.3 Å². The first-order valence-electron chi connectivity index (χ1n) is 5.39. The zero-order valence-corrected chi connectivity index (χ0v) is 10.3. The van der Waals surface area contributed by atoms with Crippen molar-refractivity contribution in [2.45, 2.75) is 17.2 Å². The Bertz CT molecular complexity index is 533. The third kappa shape index (κ3) is 2.62. The van der Waals surface area contributed by atoms with Gasteiger partial charge in [0.15, 0.2) is 5.06 Å². The zero-order chi connectivity index (χ0) is 14.3. The van der Waals surface area contributed by atoms with E-state index in [1.807, 2.05) is 0 Å². The number of halogens is 4. The summed E-state index contributed by atoms with van der Waals surface area (Å²) in [4.78, 5) is 0. The summed E-state index contributed by atoms with van der Waals surface area (Å²) < 4.78 is 39.1. The molecule has 0 aliphatic heterocycles. The van der Waals surface area contributed by atoms with Crippen molar-refractivity contribution in [2.24, 2.45) is 0 Å². The minimum absolute atomic E-state index is 0.170. The Morgan fingerprint density at radius 1 is 1.16 bits per heavy atom. The fourth-order valence-corrected chi connectivity index (χ4v) is 2.39. The Kier molecular flexibility index (Phi) is 3.36. The highest BCUT2D eigenvalue weighted by atomic mass is 35.5. The number of hydrogen-bond acceptors (Lipinski definition) is 2. The summed E-state index contributed by atoms with van der Waals surface area (Å²) in [6.07, 6.45) is -3.09. The predicted molar refractivity (Wildman–Crippen MR) is 64.8 cm³/mol. The molecule has 0 aromatic heterocycles. The van der Waals surface area contributed by atoms with Gasteiger partial charge in [-0.2, -0.15) is 13.2 Å². The quantitative estimate of drug-likeness (QED) is 0.775. The first kappa shape index (κ1) is 14.0. The van der Waals surface area contributed by atoms with Gasteiger partial charge in [0.2, 0.25) is 0 Å². The minimum Gasteiger partial charge on any atom is -0.508 e. The molecule has 0 amide bonds. The molecule has 6 heteroatoms. The molecule has 0 spiro atoms. The monoisotopic (exact) mass is 290 g/mol. The molecule has 2 nitrogen and oxygen atoms in total. The zero-order valence-electron chi connectivity index (χ0n) is 9.53. The molecule has 1 aromatic rings. The third-order valence-corrected chi connectivity index (χ3v) is 3.23. The van der Waals surface area contributed by atoms with Gasteiger partial charge in [0.1, 0.15) is 5.76 Å². The lowest BCUT2D eigenvalue weighted by atomic mass is 9.81. The SMILES string of the molecule is OC1=C(C(F)(F)F)C(c2ccccc2)C(O)(Cl)C=C1. The molecular weight excluding hydrogens is 281 g/mol. The van der Waals surface area contributed by atoms with Crippen LogP contribution in [-0.4, -0.2) is 21.4 Å². The molecule has 2 unspecified atom stereocenters. The number of alkyl halides is 4. The standard InChI is InChI=1S/C13H10ClF3O2/c14-12(19)7-6-9(18)11(13(15,16)17)10(12)8-4-2-1-3-5-8/h1-7,10,18-19H. The van der Waals surface area contributed by atoms with Crippen LogP contribution < -0.4 is 0 Å². The van der Waals surface area contributed by atoms with Crippen molar-refractivity contribution in [3.63, 3.8) is 0 Å². The predicted octanol–water partition coefficient (Wildman–Crippen LogP) is 3.64. The van der Waals surface area contributed by atoms with Crippen LogP contribution in [0.3, 0.4) is 0 Å². The molecule has 0 radical (unpaired) electrons. The number of aliphatic hydroxyl groups is 2. The summed E-state index contributed by atoms with van der Waals surface area (Å²) >= 11 is 5.76. The largest absolute Gasteiger partial charge is 0.508 e. The Labute approximate surface area is 112 Å². The summed E-state index contributed by atoms with van der Waals surface area (Å²) in [6.45, 7) is 0. The highest BCUT2D eigenvalue weighted by Gasteiger charge is 2.50. The van der Waals surface area contributed by atoms with E-state index in [0.717, 1.165) is 12.2 Å². The third-order valence-electron chi connectivity index (χ3n) is 2.88. The minimum atomic E-state index is -4.79. The molecule has 0 fully saturated rings. The molecule has 102 valence electrons. The molecule has 2 atom stereocenters. The van der Waals surface area contributed by atoms with Crippen LogP contribution >= 0.6 is 11.6 Å². The van der Waals surface area contributed by atoms with Crippen LogP contribution in [0.25, 0.3) is 0 Å². The van der Waals surface area contributed by atoms with Crippen molar-refractivity contribution >= 4 is 11.6 Å². The highest BCUT2D eigenvalue weighted by Crippen LogP contribution is 2.49. The number of allylic oxidation sites excluding steroid dienone is 1. The van der Waals surface area contributed by atoms with Gasteiger partial charge in [0.25, 0.3) is 0 Å². The lowest BCUT2D eigenvalue weighted by molar-refractivity contribution is -0.103. The summed E-state index contributed by atoms with van der Waals surface area (Å²) in [5.41, 5.74) is -1.08. The number of rotatable bonds is 1. The second-order valence-electron chi connectivity index (χ2n) is 4.20. The maximum Gasteiger partial charge on any atom is 0.416 e. The van der Waals surface area contributed by atoms with E-state index in [1.54, 1.807) is 6.07 Å². The molecule has 0 saturated heterocycles. The second kappa shape index (κ2) is 4.58. The van der Waals surface area contributed by atoms with Gasteiger partial charge < -0.3 is 10.2 Å². The van der Waals surface area contributed by atoms with Crippen molar-refractivity contribution in [3.8, 4) is 0 Å². The van der Waals surface area contributed by atoms with Crippen LogP contribution in [-0.2, 0) is 0 Å². The van der Waals surface area contributed by atoms with E-state index in [-0.39, 0.29) is 5.56 Å². The first-order chi connectivity index (χ1) is 8.73. The van der Waals surface area contributed by atoms with Gasteiger partial charge in [-0.1, -0.05) is 41.9 Å². The van der Waals surface area contributed by atoms with Gasteiger partial charge in [0.05, 0.1) is 11.5 Å². The van der Waals surface area contributed by atoms with Crippen LogP contribution in [0.2, 0.25) is 0 Å². The van der Waals surface area contributed by atoms with Gasteiger partial charge in [-0.05, 0) is 17.7 Å². The molecule has 1 aliphatic rings. The van der Waals surface area contributed by atoms with Crippen LogP contribution in [0.15, 0.2) is 53.8 Å². The Morgan fingerprint density at radius 3 is 2.26 bits per heavy atom.